The number of hydrogen-bond acceptors (Lipinski definition) is 3. The van der Waals surface area contributed by atoms with Gasteiger partial charge in [-0.1, -0.05) is 0 Å². The first-order valence-electron chi connectivity index (χ1n) is 5.01. The Kier molecular flexibility index (Phi) is 4.62. The van der Waals surface area contributed by atoms with E-state index >= 15 is 0 Å². The summed E-state index contributed by atoms with van der Waals surface area (Å²) in [6.45, 7) is 7.40. The Morgan fingerprint density at radius 3 is 2.93 bits per heavy atom. The highest BCUT2D eigenvalue weighted by molar-refractivity contribution is 5.15. The highest BCUT2D eigenvalue weighted by atomic mass is 16.5. The van der Waals surface area contributed by atoms with E-state index in [0.717, 1.165) is 26.3 Å². The molecular formula is C10H19N3O. The predicted octanol–water partition coefficient (Wildman–Crippen LogP) is 0.855. The van der Waals surface area contributed by atoms with Crippen molar-refractivity contribution in [2.24, 2.45) is 7.05 Å². The molecule has 1 rings (SSSR count). The van der Waals surface area contributed by atoms with Crippen molar-refractivity contribution >= 4 is 0 Å². The highest BCUT2D eigenvalue weighted by Crippen LogP contribution is 2.03. The molecule has 0 aromatic carbocycles. The van der Waals surface area contributed by atoms with Crippen LogP contribution in [-0.2, 0) is 18.3 Å². The van der Waals surface area contributed by atoms with Crippen LogP contribution in [0.5, 0.6) is 0 Å². The van der Waals surface area contributed by atoms with Crippen LogP contribution >= 0.6 is 0 Å². The third-order valence-corrected chi connectivity index (χ3v) is 2.28. The van der Waals surface area contributed by atoms with Crippen molar-refractivity contribution < 1.29 is 4.74 Å². The van der Waals surface area contributed by atoms with Crippen LogP contribution in [0.4, 0.5) is 0 Å². The summed E-state index contributed by atoms with van der Waals surface area (Å²) >= 11 is 0. The lowest BCUT2D eigenvalue weighted by atomic mass is 10.2. The SMILES string of the molecule is CCOCCNCc1cnn(C)c1C. The van der Waals surface area contributed by atoms with Crippen molar-refractivity contribution in [1.29, 1.82) is 0 Å². The van der Waals surface area contributed by atoms with Crippen LogP contribution in [0.1, 0.15) is 18.2 Å². The third-order valence-electron chi connectivity index (χ3n) is 2.28. The summed E-state index contributed by atoms with van der Waals surface area (Å²) in [5, 5.41) is 7.49. The molecule has 0 aliphatic rings. The van der Waals surface area contributed by atoms with E-state index in [1.807, 2.05) is 24.9 Å². The van der Waals surface area contributed by atoms with Gasteiger partial charge in [-0.2, -0.15) is 5.10 Å². The van der Waals surface area contributed by atoms with Gasteiger partial charge in [0.25, 0.3) is 0 Å². The lowest BCUT2D eigenvalue weighted by Gasteiger charge is -2.04. The molecule has 0 aliphatic carbocycles. The molecule has 1 aromatic heterocycles. The second-order valence-corrected chi connectivity index (χ2v) is 3.25. The number of aromatic nitrogens is 2. The minimum atomic E-state index is 0.774. The first-order chi connectivity index (χ1) is 6.75. The summed E-state index contributed by atoms with van der Waals surface area (Å²) in [5.74, 6) is 0. The summed E-state index contributed by atoms with van der Waals surface area (Å²) in [6, 6.07) is 0. The number of hydrogen-bond donors (Lipinski definition) is 1. The molecule has 1 heterocycles. The third kappa shape index (κ3) is 3.12. The average Bonchev–Trinajstić information content (AvgIpc) is 2.49. The predicted molar refractivity (Wildman–Crippen MR) is 56.1 cm³/mol. The summed E-state index contributed by atoms with van der Waals surface area (Å²) in [7, 11) is 1.96. The van der Waals surface area contributed by atoms with Crippen molar-refractivity contribution in [3.8, 4) is 0 Å². The molecule has 0 saturated heterocycles. The Balaban J connectivity index is 2.21. The molecule has 0 bridgehead atoms. The zero-order valence-electron chi connectivity index (χ0n) is 9.21. The maximum Gasteiger partial charge on any atom is 0.0590 e. The van der Waals surface area contributed by atoms with E-state index < -0.39 is 0 Å². The van der Waals surface area contributed by atoms with Crippen LogP contribution in [0.15, 0.2) is 6.20 Å². The van der Waals surface area contributed by atoms with Gasteiger partial charge in [-0.15, -0.1) is 0 Å². The summed E-state index contributed by atoms with van der Waals surface area (Å²) in [6.07, 6.45) is 1.91. The van der Waals surface area contributed by atoms with Crippen LogP contribution in [-0.4, -0.2) is 29.5 Å². The zero-order chi connectivity index (χ0) is 10.4. The lowest BCUT2D eigenvalue weighted by molar-refractivity contribution is 0.149. The molecular weight excluding hydrogens is 178 g/mol. The molecule has 4 nitrogen and oxygen atoms in total. The van der Waals surface area contributed by atoms with Gasteiger partial charge in [0.05, 0.1) is 12.8 Å². The molecule has 80 valence electrons. The molecule has 0 saturated carbocycles. The Bertz CT molecular complexity index is 270. The number of nitrogens with one attached hydrogen (secondary N) is 1. The van der Waals surface area contributed by atoms with Crippen molar-refractivity contribution in [2.75, 3.05) is 19.8 Å². The maximum absolute atomic E-state index is 5.22. The monoisotopic (exact) mass is 197 g/mol. The van der Waals surface area contributed by atoms with E-state index in [2.05, 4.69) is 17.3 Å². The number of nitrogens with zero attached hydrogens (tertiary/aromatic N) is 2. The highest BCUT2D eigenvalue weighted by Gasteiger charge is 2.01. The van der Waals surface area contributed by atoms with E-state index in [4.69, 9.17) is 4.74 Å². The lowest BCUT2D eigenvalue weighted by Crippen LogP contribution is -2.19. The van der Waals surface area contributed by atoms with Crippen LogP contribution in [0, 0.1) is 6.92 Å². The van der Waals surface area contributed by atoms with Gasteiger partial charge in [-0.25, -0.2) is 0 Å². The molecule has 0 aliphatic heterocycles. The molecule has 0 fully saturated rings. The van der Waals surface area contributed by atoms with Crippen molar-refractivity contribution in [2.45, 2.75) is 20.4 Å². The molecule has 4 heteroatoms. The molecule has 0 spiro atoms. The standard InChI is InChI=1S/C10H19N3O/c1-4-14-6-5-11-7-10-8-12-13(3)9(10)2/h8,11H,4-7H2,1-3H3. The quantitative estimate of drug-likeness (QED) is 0.687. The summed E-state index contributed by atoms with van der Waals surface area (Å²) in [4.78, 5) is 0. The summed E-state index contributed by atoms with van der Waals surface area (Å²) < 4.78 is 7.11. The topological polar surface area (TPSA) is 39.1 Å². The smallest absolute Gasteiger partial charge is 0.0590 e. The second-order valence-electron chi connectivity index (χ2n) is 3.25. The van der Waals surface area contributed by atoms with Gasteiger partial charge >= 0.3 is 0 Å². The first-order valence-corrected chi connectivity index (χ1v) is 5.01. The van der Waals surface area contributed by atoms with E-state index in [9.17, 15) is 0 Å². The fourth-order valence-corrected chi connectivity index (χ4v) is 1.23. The van der Waals surface area contributed by atoms with Gasteiger partial charge in [0.1, 0.15) is 0 Å². The molecule has 1 aromatic rings. The average molecular weight is 197 g/mol. The van der Waals surface area contributed by atoms with Crippen LogP contribution in [0.3, 0.4) is 0 Å². The van der Waals surface area contributed by atoms with Crippen molar-refractivity contribution in [1.82, 2.24) is 15.1 Å². The number of aryl methyl sites for hydroxylation is 1. The molecule has 0 amide bonds. The Morgan fingerprint density at radius 2 is 2.36 bits per heavy atom. The van der Waals surface area contributed by atoms with Gasteiger partial charge in [-0.3, -0.25) is 4.68 Å². The molecule has 0 radical (unpaired) electrons. The first kappa shape index (κ1) is 11.2. The van der Waals surface area contributed by atoms with Gasteiger partial charge in [-0.05, 0) is 13.8 Å². The normalized spacial score (nSPS) is 10.8. The Hall–Kier alpha value is -0.870. The Labute approximate surface area is 85.3 Å². The molecule has 0 unspecified atom stereocenters. The maximum atomic E-state index is 5.22. The van der Waals surface area contributed by atoms with Gasteiger partial charge in [0.15, 0.2) is 0 Å². The molecule has 1 N–H and O–H groups in total. The van der Waals surface area contributed by atoms with E-state index in [-0.39, 0.29) is 0 Å². The number of ether oxygens (including phenoxy) is 1. The van der Waals surface area contributed by atoms with Gasteiger partial charge in [0.2, 0.25) is 0 Å². The van der Waals surface area contributed by atoms with Crippen LogP contribution < -0.4 is 5.32 Å². The van der Waals surface area contributed by atoms with Crippen LogP contribution in [0.2, 0.25) is 0 Å². The molecule has 0 atom stereocenters. The molecule has 14 heavy (non-hydrogen) atoms. The van der Waals surface area contributed by atoms with E-state index in [1.165, 1.54) is 11.3 Å². The van der Waals surface area contributed by atoms with Gasteiger partial charge < -0.3 is 10.1 Å². The zero-order valence-corrected chi connectivity index (χ0v) is 9.21. The van der Waals surface area contributed by atoms with Crippen molar-refractivity contribution in [3.63, 3.8) is 0 Å². The van der Waals surface area contributed by atoms with E-state index in [0.29, 0.717) is 0 Å². The van der Waals surface area contributed by atoms with Gasteiger partial charge in [0, 0.05) is 38.0 Å². The van der Waals surface area contributed by atoms with E-state index in [1.54, 1.807) is 0 Å². The number of rotatable bonds is 6. The minimum absolute atomic E-state index is 0.774. The fraction of sp³-hybridized carbons (Fsp3) is 0.700. The Morgan fingerprint density at radius 1 is 1.57 bits per heavy atom. The largest absolute Gasteiger partial charge is 0.380 e. The minimum Gasteiger partial charge on any atom is -0.380 e. The fourth-order valence-electron chi connectivity index (χ4n) is 1.23. The summed E-state index contributed by atoms with van der Waals surface area (Å²) in [5.41, 5.74) is 2.47. The van der Waals surface area contributed by atoms with Crippen molar-refractivity contribution in [3.05, 3.63) is 17.5 Å². The van der Waals surface area contributed by atoms with Crippen LogP contribution in [0.25, 0.3) is 0 Å². The second kappa shape index (κ2) is 5.78.